The minimum Gasteiger partial charge on any atom is -0.390 e. The summed E-state index contributed by atoms with van der Waals surface area (Å²) in [7, 11) is 1.40. The van der Waals surface area contributed by atoms with Crippen LogP contribution in [-0.4, -0.2) is 48.1 Å². The number of carbonyl (C=O) groups is 2. The fourth-order valence-electron chi connectivity index (χ4n) is 0.470. The lowest BCUT2D eigenvalue weighted by Gasteiger charge is -2.14. The zero-order chi connectivity index (χ0) is 10.4. The monoisotopic (exact) mass is 189 g/mol. The maximum Gasteiger partial charge on any atom is 0.339 e. The van der Waals surface area contributed by atoms with Gasteiger partial charge in [-0.15, -0.1) is 0 Å². The van der Waals surface area contributed by atoms with Crippen molar-refractivity contribution in [3.05, 3.63) is 0 Å². The molecule has 0 aliphatic heterocycles. The van der Waals surface area contributed by atoms with Gasteiger partial charge in [-0.1, -0.05) is 0 Å². The largest absolute Gasteiger partial charge is 0.390 e. The van der Waals surface area contributed by atoms with Gasteiger partial charge >= 0.3 is 11.9 Å². The van der Waals surface area contributed by atoms with Crippen LogP contribution in [0.3, 0.4) is 0 Å². The molecule has 13 heavy (non-hydrogen) atoms. The lowest BCUT2D eigenvalue weighted by molar-refractivity contribution is -0.161. The van der Waals surface area contributed by atoms with Crippen LogP contribution in [0, 0.1) is 5.41 Å². The number of likely N-dealkylation sites (N-methyl/N-ethyl adjacent to an activating group) is 1. The van der Waals surface area contributed by atoms with Crippen molar-refractivity contribution in [2.75, 3.05) is 20.2 Å². The third-order valence-electron chi connectivity index (χ3n) is 1.13. The van der Waals surface area contributed by atoms with E-state index in [4.69, 9.17) is 16.2 Å². The smallest absolute Gasteiger partial charge is 0.339 e. The number of nitrogens with two attached hydrogens (primary N) is 1. The molecule has 0 fully saturated rings. The molecule has 0 aliphatic rings. The van der Waals surface area contributed by atoms with Crippen molar-refractivity contribution in [3.8, 4) is 0 Å². The molecule has 0 unspecified atom stereocenters. The Morgan fingerprint density at radius 1 is 1.54 bits per heavy atom. The van der Waals surface area contributed by atoms with E-state index >= 15 is 0 Å². The number of esters is 2. The maximum absolute atomic E-state index is 10.8. The highest BCUT2D eigenvalue weighted by atomic mass is 16.6. The van der Waals surface area contributed by atoms with Crippen molar-refractivity contribution < 1.29 is 19.4 Å². The third kappa shape index (κ3) is 4.75. The number of nitrogens with zero attached hydrogens (tertiary/aromatic N) is 1. The first-order valence-corrected chi connectivity index (χ1v) is 3.37. The molecule has 0 aromatic carbocycles. The molecule has 0 amide bonds. The van der Waals surface area contributed by atoms with Crippen LogP contribution in [0.2, 0.25) is 0 Å². The summed E-state index contributed by atoms with van der Waals surface area (Å²) in [6, 6.07) is 0. The molecule has 0 aliphatic carbocycles. The van der Waals surface area contributed by atoms with E-state index in [1.807, 2.05) is 0 Å². The summed E-state index contributed by atoms with van der Waals surface area (Å²) in [6.45, 7) is -1.16. The zero-order valence-electron chi connectivity index (χ0n) is 7.11. The van der Waals surface area contributed by atoms with Crippen molar-refractivity contribution in [1.29, 1.82) is 5.41 Å². The summed E-state index contributed by atoms with van der Waals surface area (Å²) in [4.78, 5) is 22.2. The predicted octanol–water partition coefficient (Wildman–Crippen LogP) is -2.13. The second-order valence-electron chi connectivity index (χ2n) is 2.25. The zero-order valence-corrected chi connectivity index (χ0v) is 7.11. The van der Waals surface area contributed by atoms with Crippen LogP contribution in [0.4, 0.5) is 0 Å². The molecule has 7 nitrogen and oxygen atoms in total. The SMILES string of the molecule is CN(CC(=O)OC(=O)CO)C(=N)N. The van der Waals surface area contributed by atoms with Crippen LogP contribution in [0.5, 0.6) is 0 Å². The Hall–Kier alpha value is -1.63. The van der Waals surface area contributed by atoms with Gasteiger partial charge in [0.1, 0.15) is 13.2 Å². The minimum absolute atomic E-state index is 0.304. The standard InChI is InChI=1S/C6H11N3O4/c1-9(6(7)8)2-4(11)13-5(12)3-10/h10H,2-3H2,1H3,(H3,7,8). The molecular weight excluding hydrogens is 178 g/mol. The number of carbonyl (C=O) groups excluding carboxylic acids is 2. The lowest BCUT2D eigenvalue weighted by Crippen LogP contribution is -2.38. The molecule has 0 aromatic heterocycles. The van der Waals surface area contributed by atoms with Crippen LogP contribution in [0.1, 0.15) is 0 Å². The number of nitrogens with one attached hydrogen (secondary N) is 1. The van der Waals surface area contributed by atoms with Crippen LogP contribution < -0.4 is 5.73 Å². The molecule has 0 spiro atoms. The Bertz CT molecular complexity index is 228. The Kier molecular flexibility index (Phi) is 4.45. The molecule has 0 rings (SSSR count). The average Bonchev–Trinajstić information content (AvgIpc) is 2.03. The Morgan fingerprint density at radius 2 is 2.08 bits per heavy atom. The molecule has 0 saturated carbocycles. The highest BCUT2D eigenvalue weighted by Crippen LogP contribution is 1.85. The fraction of sp³-hybridized carbons (Fsp3) is 0.500. The summed E-state index contributed by atoms with van der Waals surface area (Å²) in [6.07, 6.45) is 0. The summed E-state index contributed by atoms with van der Waals surface area (Å²) < 4.78 is 4.10. The van der Waals surface area contributed by atoms with Gasteiger partial charge in [0.15, 0.2) is 5.96 Å². The third-order valence-corrected chi connectivity index (χ3v) is 1.13. The number of ether oxygens (including phenoxy) is 1. The number of aliphatic hydroxyl groups is 1. The van der Waals surface area contributed by atoms with Gasteiger partial charge in [0.2, 0.25) is 0 Å². The highest BCUT2D eigenvalue weighted by Gasteiger charge is 2.12. The molecule has 0 saturated heterocycles. The van der Waals surface area contributed by atoms with E-state index in [-0.39, 0.29) is 12.5 Å². The van der Waals surface area contributed by atoms with Gasteiger partial charge in [0.25, 0.3) is 0 Å². The summed E-state index contributed by atoms with van der Waals surface area (Å²) in [5.74, 6) is -2.20. The van der Waals surface area contributed by atoms with Gasteiger partial charge in [0.05, 0.1) is 0 Å². The average molecular weight is 189 g/mol. The van der Waals surface area contributed by atoms with Crippen molar-refractivity contribution in [2.45, 2.75) is 0 Å². The van der Waals surface area contributed by atoms with Crippen LogP contribution in [0.25, 0.3) is 0 Å². The number of rotatable bonds is 3. The van der Waals surface area contributed by atoms with Gasteiger partial charge in [-0.2, -0.15) is 0 Å². The van der Waals surface area contributed by atoms with E-state index in [9.17, 15) is 9.59 Å². The summed E-state index contributed by atoms with van der Waals surface area (Å²) in [5, 5.41) is 15.1. The van der Waals surface area contributed by atoms with E-state index in [2.05, 4.69) is 4.74 Å². The lowest BCUT2D eigenvalue weighted by atomic mass is 10.6. The summed E-state index contributed by atoms with van der Waals surface area (Å²) >= 11 is 0. The van der Waals surface area contributed by atoms with Gasteiger partial charge in [-0.25, -0.2) is 9.59 Å². The van der Waals surface area contributed by atoms with E-state index in [0.29, 0.717) is 0 Å². The second kappa shape index (κ2) is 5.09. The Balaban J connectivity index is 3.88. The number of hydrogen-bond donors (Lipinski definition) is 3. The van der Waals surface area contributed by atoms with E-state index in [1.54, 1.807) is 0 Å². The number of hydrogen-bond acceptors (Lipinski definition) is 5. The molecule has 0 aromatic rings. The van der Waals surface area contributed by atoms with Gasteiger partial charge in [0, 0.05) is 7.05 Å². The molecule has 74 valence electrons. The first kappa shape index (κ1) is 11.4. The molecule has 0 atom stereocenters. The second-order valence-corrected chi connectivity index (χ2v) is 2.25. The molecule has 0 bridgehead atoms. The minimum atomic E-state index is -1.03. The topological polar surface area (TPSA) is 117 Å². The quantitative estimate of drug-likeness (QED) is 0.202. The van der Waals surface area contributed by atoms with Gasteiger partial charge in [-0.3, -0.25) is 5.41 Å². The van der Waals surface area contributed by atoms with Crippen LogP contribution in [-0.2, 0) is 14.3 Å². The van der Waals surface area contributed by atoms with Gasteiger partial charge in [-0.05, 0) is 0 Å². The number of aliphatic hydroxyl groups excluding tert-OH is 1. The van der Waals surface area contributed by atoms with E-state index in [0.717, 1.165) is 4.90 Å². The molecule has 4 N–H and O–H groups in total. The van der Waals surface area contributed by atoms with Crippen molar-refractivity contribution in [2.24, 2.45) is 5.73 Å². The number of guanidine groups is 1. The highest BCUT2D eigenvalue weighted by molar-refractivity contribution is 5.89. The first-order valence-electron chi connectivity index (χ1n) is 3.37. The van der Waals surface area contributed by atoms with Crippen LogP contribution in [0.15, 0.2) is 0 Å². The normalized spacial score (nSPS) is 9.08. The van der Waals surface area contributed by atoms with E-state index in [1.165, 1.54) is 7.05 Å². The summed E-state index contributed by atoms with van der Waals surface area (Å²) in [5.41, 5.74) is 5.01. The van der Waals surface area contributed by atoms with Crippen LogP contribution >= 0.6 is 0 Å². The molecule has 0 radical (unpaired) electrons. The van der Waals surface area contributed by atoms with Crippen molar-refractivity contribution >= 4 is 17.9 Å². The fourth-order valence-corrected chi connectivity index (χ4v) is 0.470. The predicted molar refractivity (Wildman–Crippen MR) is 42.7 cm³/mol. The molecule has 0 heterocycles. The Morgan fingerprint density at radius 3 is 2.46 bits per heavy atom. The first-order chi connectivity index (χ1) is 5.97. The Labute approximate surface area is 74.6 Å². The van der Waals surface area contributed by atoms with Crippen molar-refractivity contribution in [3.63, 3.8) is 0 Å². The van der Waals surface area contributed by atoms with Crippen molar-refractivity contribution in [1.82, 2.24) is 4.90 Å². The maximum atomic E-state index is 10.8. The molecular formula is C6H11N3O4. The van der Waals surface area contributed by atoms with Gasteiger partial charge < -0.3 is 20.5 Å². The van der Waals surface area contributed by atoms with E-state index < -0.39 is 18.5 Å². The molecule has 7 heteroatoms.